The van der Waals surface area contributed by atoms with Gasteiger partial charge in [0.15, 0.2) is 23.3 Å². The van der Waals surface area contributed by atoms with Crippen molar-refractivity contribution in [3.05, 3.63) is 154 Å². The molecular formula is C80H104ClN23O15S. The smallest absolute Gasteiger partial charge is 0.291 e. The second-order valence-electron chi connectivity index (χ2n) is 28.1. The fourth-order valence-electron chi connectivity index (χ4n) is 12.8. The SMILES string of the molecule is CC1=N[C@@H](CC(=O)Nc2ccc(OCCOCCOCCOCCOCCOCCNCCCN(C)CCCNC(=O)CCNC(=O)c3nc(NC(=O)CCNC(=O)c4cc(NC(=O)c5nc(NC(=O)CCNC(=O)c6cc(NC(=O)c7nccn7C)cn6C)cn5C)cn4C)cn3C)cc2)c2nnc(C)n2-c2sc(C)c(-c3ccc(Cl)cc3)c21. The molecule has 38 nitrogen and oxygen atoms in total. The molecule has 1 aliphatic heterocycles. The van der Waals surface area contributed by atoms with E-state index in [9.17, 15) is 43.2 Å². The molecule has 1 atom stereocenters. The Hall–Kier alpha value is -11.8. The summed E-state index contributed by atoms with van der Waals surface area (Å²) in [6, 6.07) is 17.4. The van der Waals surface area contributed by atoms with Crippen LogP contribution in [0, 0.1) is 13.8 Å². The molecule has 120 heavy (non-hydrogen) atoms. The van der Waals surface area contributed by atoms with Gasteiger partial charge in [-0.05, 0) is 114 Å². The molecule has 8 heterocycles. The topological polar surface area (TPSA) is 439 Å². The molecule has 40 heteroatoms. The van der Waals surface area contributed by atoms with Crippen LogP contribution in [0.2, 0.25) is 5.02 Å². The summed E-state index contributed by atoms with van der Waals surface area (Å²) in [4.78, 5) is 138. The Labute approximate surface area is 702 Å². The van der Waals surface area contributed by atoms with Gasteiger partial charge >= 0.3 is 0 Å². The predicted octanol–water partition coefficient (Wildman–Crippen LogP) is 5.76. The van der Waals surface area contributed by atoms with Gasteiger partial charge in [-0.2, -0.15) is 0 Å². The number of aryl methyl sites for hydroxylation is 7. The molecule has 0 radical (unpaired) electrons. The highest BCUT2D eigenvalue weighted by atomic mass is 35.5. The monoisotopic (exact) mass is 1690 g/mol. The Morgan fingerprint density at radius 1 is 0.492 bits per heavy atom. The van der Waals surface area contributed by atoms with Crippen LogP contribution in [-0.4, -0.2) is 248 Å². The minimum absolute atomic E-state index is 0.0135. The van der Waals surface area contributed by atoms with Gasteiger partial charge in [-0.3, -0.25) is 52.7 Å². The van der Waals surface area contributed by atoms with Gasteiger partial charge in [0.1, 0.15) is 40.6 Å². The molecule has 10 N–H and O–H groups in total. The van der Waals surface area contributed by atoms with Crippen molar-refractivity contribution in [2.24, 2.45) is 40.2 Å². The number of carbonyl (C=O) groups excluding carboxylic acids is 9. The summed E-state index contributed by atoms with van der Waals surface area (Å²) >= 11 is 7.88. The summed E-state index contributed by atoms with van der Waals surface area (Å²) in [7, 11) is 10.1. The van der Waals surface area contributed by atoms with Crippen LogP contribution in [0.5, 0.6) is 5.75 Å². The third kappa shape index (κ3) is 26.8. The summed E-state index contributed by atoms with van der Waals surface area (Å²) in [5, 5.41) is 38.5. The van der Waals surface area contributed by atoms with E-state index in [1.165, 1.54) is 55.2 Å². The number of rotatable bonds is 49. The first-order valence-corrected chi connectivity index (χ1v) is 40.4. The van der Waals surface area contributed by atoms with Crippen molar-refractivity contribution in [3.63, 3.8) is 0 Å². The van der Waals surface area contributed by atoms with E-state index in [-0.39, 0.29) is 103 Å². The minimum Gasteiger partial charge on any atom is -0.491 e. The fraction of sp³-hybridized carbons (Fsp3) is 0.438. The first kappa shape index (κ1) is 90.5. The number of anilines is 5. The number of carbonyl (C=O) groups is 9. The number of ether oxygens (including phenoxy) is 6. The number of nitrogens with one attached hydrogen (secondary N) is 10. The van der Waals surface area contributed by atoms with Crippen LogP contribution in [0.25, 0.3) is 16.1 Å². The number of aliphatic imine (C=N–C) groups is 1. The molecule has 9 amide bonds. The van der Waals surface area contributed by atoms with Crippen molar-refractivity contribution >= 4 is 111 Å². The average molecular weight is 1700 g/mol. The van der Waals surface area contributed by atoms with E-state index in [0.29, 0.717) is 107 Å². The number of halogens is 1. The van der Waals surface area contributed by atoms with E-state index in [4.69, 9.17) is 45.0 Å². The van der Waals surface area contributed by atoms with Gasteiger partial charge < -0.3 is 109 Å². The molecule has 0 aliphatic carbocycles. The Bertz CT molecular complexity index is 5020. The zero-order chi connectivity index (χ0) is 85.6. The lowest BCUT2D eigenvalue weighted by atomic mass is 9.99. The molecule has 0 fully saturated rings. The Morgan fingerprint density at radius 3 is 1.57 bits per heavy atom. The molecule has 642 valence electrons. The first-order chi connectivity index (χ1) is 57.8. The van der Waals surface area contributed by atoms with Gasteiger partial charge in [-0.25, -0.2) is 15.0 Å². The van der Waals surface area contributed by atoms with E-state index in [1.54, 1.807) is 87.8 Å². The summed E-state index contributed by atoms with van der Waals surface area (Å²) in [5.41, 5.74) is 5.65. The normalized spacial score (nSPS) is 12.3. The summed E-state index contributed by atoms with van der Waals surface area (Å²) in [6.07, 6.45) is 10.7. The van der Waals surface area contributed by atoms with Crippen LogP contribution in [0.4, 0.5) is 28.7 Å². The Balaban J connectivity index is 0.472. The van der Waals surface area contributed by atoms with Crippen LogP contribution < -0.4 is 57.9 Å². The maximum atomic E-state index is 13.5. The van der Waals surface area contributed by atoms with E-state index in [2.05, 4.69) is 90.1 Å². The maximum absolute atomic E-state index is 13.5. The van der Waals surface area contributed by atoms with Crippen molar-refractivity contribution in [1.82, 2.24) is 84.0 Å². The zero-order valence-corrected chi connectivity index (χ0v) is 70.3. The highest BCUT2D eigenvalue weighted by molar-refractivity contribution is 7.15. The first-order valence-electron chi connectivity index (χ1n) is 39.2. The lowest BCUT2D eigenvalue weighted by Gasteiger charge is -2.17. The average Bonchev–Trinajstić information content (AvgIpc) is 1.59. The molecule has 7 aromatic heterocycles. The van der Waals surface area contributed by atoms with E-state index >= 15 is 0 Å². The standard InChI is InChI=1S/C80H104ClN23O15S/c1-51-69-70(54-12-14-55(81)15-13-54)52(2)120-80(69)104-53(3)96-97-71(104)60(88-51)46-68(108)89-56-16-18-59(19-17-56)119-43-42-118-41-40-117-39-38-116-37-36-115-35-34-114-33-29-82-23-10-30-98(4)31-11-24-83-65(105)20-25-87-77(111)73-94-63(49-102(73)8)92-66(106)21-26-86-76(110)62-45-58(48-101(62)7)91-79(113)74-95-64(50-103(74)9)93-67(107)22-27-85-75(109)61-44-57(47-100(61)6)90-78(112)72-84-28-32-99(72)5/h12-19,28,32,44-45,47-50,60,82H,10-11,20-27,29-31,33-43,46H2,1-9H3,(H,83,105)(H,85,109)(H,86,110)(H,87,111)(H,89,108)(H,90,112)(H,91,113)(H,92,106)(H,93,107)/t60-/m0/s1. The van der Waals surface area contributed by atoms with Gasteiger partial charge in [-0.1, -0.05) is 23.7 Å². The number of aromatic nitrogens is 11. The molecule has 0 unspecified atom stereocenters. The number of amides is 9. The number of imidazole rings is 3. The minimum atomic E-state index is -0.635. The third-order valence-electron chi connectivity index (χ3n) is 18.7. The lowest BCUT2D eigenvalue weighted by Crippen LogP contribution is -2.33. The predicted molar refractivity (Wildman–Crippen MR) is 450 cm³/mol. The molecule has 0 saturated carbocycles. The largest absolute Gasteiger partial charge is 0.491 e. The van der Waals surface area contributed by atoms with E-state index in [1.807, 2.05) is 49.7 Å². The van der Waals surface area contributed by atoms with E-state index in [0.717, 1.165) is 77.1 Å². The van der Waals surface area contributed by atoms with Gasteiger partial charge in [0, 0.05) is 157 Å². The molecule has 9 aromatic rings. The number of nitrogens with zero attached hydrogens (tertiary/aromatic N) is 13. The summed E-state index contributed by atoms with van der Waals surface area (Å²) in [6.45, 7) is 14.5. The maximum Gasteiger partial charge on any atom is 0.291 e. The van der Waals surface area contributed by atoms with Gasteiger partial charge in [0.2, 0.25) is 35.3 Å². The lowest BCUT2D eigenvalue weighted by molar-refractivity contribution is -0.121. The van der Waals surface area contributed by atoms with Crippen molar-refractivity contribution in [2.45, 2.75) is 65.3 Å². The highest BCUT2D eigenvalue weighted by Gasteiger charge is 2.33. The summed E-state index contributed by atoms with van der Waals surface area (Å²) < 4.78 is 43.5. The molecule has 1 aliphatic rings. The van der Waals surface area contributed by atoms with Gasteiger partial charge in [0.05, 0.1) is 83.9 Å². The number of hydrogen-bond donors (Lipinski definition) is 10. The highest BCUT2D eigenvalue weighted by Crippen LogP contribution is 2.43. The quantitative estimate of drug-likeness (QED) is 0.0203. The van der Waals surface area contributed by atoms with Crippen LogP contribution in [0.1, 0.15) is 126 Å². The van der Waals surface area contributed by atoms with Crippen molar-refractivity contribution in [3.8, 4) is 21.9 Å². The van der Waals surface area contributed by atoms with Crippen molar-refractivity contribution < 1.29 is 71.6 Å². The molecule has 2 aromatic carbocycles. The van der Waals surface area contributed by atoms with Gasteiger partial charge in [-0.15, -0.1) is 21.5 Å². The molecular weight excluding hydrogens is 1590 g/mol. The van der Waals surface area contributed by atoms with E-state index < -0.39 is 47.4 Å². The number of benzene rings is 2. The van der Waals surface area contributed by atoms with Crippen LogP contribution in [-0.2, 0) is 78.1 Å². The number of thiophene rings is 1. The third-order valence-corrected chi connectivity index (χ3v) is 20.1. The van der Waals surface area contributed by atoms with Crippen LogP contribution in [0.3, 0.4) is 0 Å². The number of fused-ring (bicyclic) bond motifs is 3. The molecule has 0 saturated heterocycles. The molecule has 0 bridgehead atoms. The van der Waals surface area contributed by atoms with Crippen molar-refractivity contribution in [1.29, 1.82) is 0 Å². The zero-order valence-electron chi connectivity index (χ0n) is 68.7. The summed E-state index contributed by atoms with van der Waals surface area (Å²) in [5.74, 6) is -1.65. The number of hydrogen-bond acceptors (Lipinski definition) is 24. The van der Waals surface area contributed by atoms with Gasteiger partial charge in [0.25, 0.3) is 29.5 Å². The second-order valence-corrected chi connectivity index (χ2v) is 29.8. The fourth-order valence-corrected chi connectivity index (χ4v) is 14.2. The Morgan fingerprint density at radius 2 is 1.01 bits per heavy atom. The Kier molecular flexibility index (Phi) is 34.2. The second kappa shape index (κ2) is 45.4. The molecule has 0 spiro atoms. The van der Waals surface area contributed by atoms with Crippen molar-refractivity contribution in [2.75, 3.05) is 159 Å². The molecule has 10 rings (SSSR count). The van der Waals surface area contributed by atoms with Crippen LogP contribution >= 0.6 is 22.9 Å². The van der Waals surface area contributed by atoms with Crippen LogP contribution in [0.15, 0.2) is 103 Å².